The number of methoxy groups -OCH3 is 1. The monoisotopic (exact) mass is 306 g/mol. The van der Waals surface area contributed by atoms with Crippen molar-refractivity contribution in [2.45, 2.75) is 45.3 Å². The third-order valence-electron chi connectivity index (χ3n) is 4.78. The molecule has 118 valence electrons. The molecule has 1 aromatic carbocycles. The van der Waals surface area contributed by atoms with E-state index in [1.165, 1.54) is 0 Å². The Kier molecular flexibility index (Phi) is 2.72. The van der Waals surface area contributed by atoms with Gasteiger partial charge in [0.25, 0.3) is 5.91 Å². The molecule has 1 saturated heterocycles. The predicted molar refractivity (Wildman–Crippen MR) is 84.7 cm³/mol. The molecule has 0 aromatic heterocycles. The van der Waals surface area contributed by atoms with Gasteiger partial charge in [-0.15, -0.1) is 0 Å². The van der Waals surface area contributed by atoms with Gasteiger partial charge in [-0.05, 0) is 51.8 Å². The zero-order valence-electron chi connectivity index (χ0n) is 16.3. The summed E-state index contributed by atoms with van der Waals surface area (Å²) < 4.78 is 39.5. The maximum atomic E-state index is 12.2. The molecule has 0 atom stereocenters. The number of carbonyl (C=O) groups excluding carboxylic acids is 1. The number of nitrogens with one attached hydrogen (secondary N) is 1. The number of hydrogen-bond donors (Lipinski definition) is 1. The van der Waals surface area contributed by atoms with Crippen molar-refractivity contribution < 1.29 is 23.0 Å². The second kappa shape index (κ2) is 5.00. The van der Waals surface area contributed by atoms with E-state index in [0.29, 0.717) is 24.0 Å². The molecule has 1 fully saturated rings. The topological polar surface area (TPSA) is 56.8 Å². The zero-order valence-corrected chi connectivity index (χ0v) is 13.3. The minimum Gasteiger partial charge on any atom is -0.497 e. The Morgan fingerprint density at radius 1 is 1.27 bits per heavy atom. The van der Waals surface area contributed by atoms with Gasteiger partial charge in [0.05, 0.1) is 22.4 Å². The number of hydrogen-bond acceptors (Lipinski definition) is 4. The van der Waals surface area contributed by atoms with Crippen molar-refractivity contribution >= 4 is 18.5 Å². The minimum atomic E-state index is -2.61. The smallest absolute Gasteiger partial charge is 0.497 e. The van der Waals surface area contributed by atoms with E-state index >= 15 is 0 Å². The molecular weight excluding hydrogens is 281 g/mol. The molecule has 22 heavy (non-hydrogen) atoms. The lowest BCUT2D eigenvalue weighted by Gasteiger charge is -2.32. The van der Waals surface area contributed by atoms with Crippen LogP contribution < -0.4 is 15.5 Å². The van der Waals surface area contributed by atoms with Crippen LogP contribution in [0.1, 0.15) is 47.7 Å². The van der Waals surface area contributed by atoms with Crippen molar-refractivity contribution in [3.05, 3.63) is 23.3 Å². The fraction of sp³-hybridized carbons (Fsp3) is 0.562. The van der Waals surface area contributed by atoms with Crippen LogP contribution in [0.3, 0.4) is 0 Å². The molecule has 1 amide bonds. The van der Waals surface area contributed by atoms with E-state index in [4.69, 9.17) is 18.2 Å². The van der Waals surface area contributed by atoms with Crippen LogP contribution in [0.15, 0.2) is 12.1 Å². The lowest BCUT2D eigenvalue weighted by molar-refractivity contribution is 0.00578. The van der Waals surface area contributed by atoms with Crippen molar-refractivity contribution in [2.24, 2.45) is 0 Å². The summed E-state index contributed by atoms with van der Waals surface area (Å²) in [4.78, 5) is 12.2. The third kappa shape index (κ3) is 2.30. The van der Waals surface area contributed by atoms with E-state index in [2.05, 4.69) is 5.32 Å². The van der Waals surface area contributed by atoms with Gasteiger partial charge in [0.2, 0.25) is 0 Å². The van der Waals surface area contributed by atoms with Crippen molar-refractivity contribution in [3.63, 3.8) is 0 Å². The lowest BCUT2D eigenvalue weighted by Crippen LogP contribution is -2.41. The average Bonchev–Trinajstić information content (AvgIpc) is 2.65. The Labute approximate surface area is 135 Å². The average molecular weight is 306 g/mol. The Bertz CT molecular complexity index is 702. The van der Waals surface area contributed by atoms with Gasteiger partial charge >= 0.3 is 7.12 Å². The Morgan fingerprint density at radius 2 is 1.95 bits per heavy atom. The minimum absolute atomic E-state index is 0.159. The summed E-state index contributed by atoms with van der Waals surface area (Å²) in [6.45, 7) is 8.13. The van der Waals surface area contributed by atoms with E-state index < -0.39 is 25.4 Å². The molecule has 0 unspecified atom stereocenters. The van der Waals surface area contributed by atoms with Gasteiger partial charge in [0, 0.05) is 17.6 Å². The summed E-state index contributed by atoms with van der Waals surface area (Å²) in [5.74, 6) is -0.0357. The van der Waals surface area contributed by atoms with Crippen LogP contribution in [-0.2, 0) is 15.7 Å². The van der Waals surface area contributed by atoms with Gasteiger partial charge in [0.15, 0.2) is 0 Å². The quantitative estimate of drug-likeness (QED) is 0.836. The van der Waals surface area contributed by atoms with Gasteiger partial charge < -0.3 is 19.4 Å². The molecular formula is C16H22BNO4. The first-order valence-electron chi connectivity index (χ1n) is 8.89. The summed E-state index contributed by atoms with van der Waals surface area (Å²) >= 11 is 0. The second-order valence-corrected chi connectivity index (χ2v) is 6.74. The van der Waals surface area contributed by atoms with Crippen LogP contribution in [0.2, 0.25) is 0 Å². The van der Waals surface area contributed by atoms with Crippen LogP contribution in [0.4, 0.5) is 0 Å². The molecule has 2 aliphatic heterocycles. The van der Waals surface area contributed by atoms with Gasteiger partial charge in [-0.3, -0.25) is 4.79 Å². The number of fused-ring (bicyclic) bond motifs is 1. The lowest BCUT2D eigenvalue weighted by atomic mass is 9.76. The summed E-state index contributed by atoms with van der Waals surface area (Å²) in [5, 5.41) is 2.78. The highest BCUT2D eigenvalue weighted by Crippen LogP contribution is 2.37. The van der Waals surface area contributed by atoms with E-state index in [0.717, 1.165) is 5.56 Å². The van der Waals surface area contributed by atoms with Gasteiger partial charge in [0.1, 0.15) is 5.75 Å². The van der Waals surface area contributed by atoms with Crippen LogP contribution in [0.5, 0.6) is 5.75 Å². The molecule has 0 saturated carbocycles. The Morgan fingerprint density at radius 3 is 2.59 bits per heavy atom. The number of rotatable bonds is 2. The molecule has 0 aliphatic carbocycles. The molecule has 5 nitrogen and oxygen atoms in total. The molecule has 0 radical (unpaired) electrons. The first-order valence-corrected chi connectivity index (χ1v) is 7.39. The van der Waals surface area contributed by atoms with Crippen LogP contribution in [0.25, 0.3) is 0 Å². The first-order chi connectivity index (χ1) is 11.4. The maximum absolute atomic E-state index is 12.2. The summed E-state index contributed by atoms with van der Waals surface area (Å²) in [7, 11) is -3.42. The Hall–Kier alpha value is -1.53. The highest BCUT2D eigenvalue weighted by molar-refractivity contribution is 6.63. The number of ether oxygens (including phenoxy) is 1. The molecule has 3 rings (SSSR count). The van der Waals surface area contributed by atoms with Crippen LogP contribution >= 0.6 is 0 Å². The van der Waals surface area contributed by atoms with Crippen molar-refractivity contribution in [1.82, 2.24) is 5.32 Å². The molecule has 6 heteroatoms. The standard InChI is InChI=1S/C16H22BNO4/c1-15(2)16(3,4)22-17(21-15)12-9-11-10(8-13(12)20-5)6-7-18-14(11)19/h8-9H,6-7H2,1-5H3,(H,18,19)/i5D3. The Balaban J connectivity index is 2.08. The van der Waals surface area contributed by atoms with Gasteiger partial charge in [-0.2, -0.15) is 0 Å². The largest absolute Gasteiger partial charge is 0.498 e. The fourth-order valence-corrected chi connectivity index (χ4v) is 2.71. The second-order valence-electron chi connectivity index (χ2n) is 6.74. The van der Waals surface area contributed by atoms with E-state index in [-0.39, 0.29) is 11.7 Å². The maximum Gasteiger partial charge on any atom is 0.498 e. The first kappa shape index (κ1) is 12.0. The van der Waals surface area contributed by atoms with Crippen molar-refractivity contribution in [3.8, 4) is 5.75 Å². The van der Waals surface area contributed by atoms with Crippen molar-refractivity contribution in [1.29, 1.82) is 0 Å². The molecule has 1 N–H and O–H groups in total. The zero-order chi connectivity index (χ0) is 18.6. The predicted octanol–water partition coefficient (Wildman–Crippen LogP) is 1.28. The van der Waals surface area contributed by atoms with Crippen LogP contribution in [-0.4, -0.2) is 37.8 Å². The number of amides is 1. The molecule has 2 heterocycles. The van der Waals surface area contributed by atoms with Crippen LogP contribution in [0, 0.1) is 0 Å². The summed E-state index contributed by atoms with van der Waals surface area (Å²) in [6.07, 6.45) is 0.613. The van der Waals surface area contributed by atoms with E-state index in [1.807, 2.05) is 27.7 Å². The molecule has 2 aliphatic rings. The van der Waals surface area contributed by atoms with Gasteiger partial charge in [-0.1, -0.05) is 0 Å². The van der Waals surface area contributed by atoms with E-state index in [9.17, 15) is 4.79 Å². The fourth-order valence-electron chi connectivity index (χ4n) is 2.71. The summed E-state index contributed by atoms with van der Waals surface area (Å²) in [5.41, 5.74) is 0.475. The number of benzene rings is 1. The third-order valence-corrected chi connectivity index (χ3v) is 4.78. The van der Waals surface area contributed by atoms with Gasteiger partial charge in [-0.25, -0.2) is 0 Å². The normalized spacial score (nSPS) is 24.8. The van der Waals surface area contributed by atoms with Crippen molar-refractivity contribution in [2.75, 3.05) is 13.6 Å². The number of carbonyl (C=O) groups is 1. The molecule has 0 spiro atoms. The molecule has 1 aromatic rings. The summed E-state index contributed by atoms with van der Waals surface area (Å²) in [6, 6.07) is 3.23. The molecule has 0 bridgehead atoms. The highest BCUT2D eigenvalue weighted by Gasteiger charge is 2.52. The highest BCUT2D eigenvalue weighted by atomic mass is 16.7. The van der Waals surface area contributed by atoms with E-state index in [1.54, 1.807) is 12.1 Å². The SMILES string of the molecule is [2H]C([2H])([2H])Oc1cc2c(cc1B1OC(C)(C)C(C)(C)O1)C(=O)NCC2.